The molecule has 0 amide bonds. The summed E-state index contributed by atoms with van der Waals surface area (Å²) in [7, 11) is 0. The summed E-state index contributed by atoms with van der Waals surface area (Å²) in [5, 5.41) is 12.4. The Hall–Kier alpha value is -0.970. The molecule has 106 valence electrons. The Balaban J connectivity index is 1.65. The number of hydrogen-bond donors (Lipinski definition) is 0. The van der Waals surface area contributed by atoms with Crippen LogP contribution >= 0.6 is 0 Å². The second-order valence-corrected chi connectivity index (χ2v) is 6.31. The molecule has 2 heterocycles. The fourth-order valence-electron chi connectivity index (χ4n) is 3.56. The molecule has 1 aliphatic heterocycles. The zero-order chi connectivity index (χ0) is 13.1. The molecular formula is C14H25N5. The maximum atomic E-state index is 4.27. The van der Waals surface area contributed by atoms with E-state index < -0.39 is 0 Å². The lowest BCUT2D eigenvalue weighted by Gasteiger charge is -2.31. The van der Waals surface area contributed by atoms with E-state index in [-0.39, 0.29) is 0 Å². The molecule has 0 unspecified atom stereocenters. The molecule has 2 aliphatic rings. The number of tetrazole rings is 1. The van der Waals surface area contributed by atoms with Gasteiger partial charge in [-0.25, -0.2) is 4.68 Å². The van der Waals surface area contributed by atoms with Gasteiger partial charge in [0.15, 0.2) is 5.82 Å². The third-order valence-electron chi connectivity index (χ3n) is 4.59. The Morgan fingerprint density at radius 2 is 1.95 bits per heavy atom. The van der Waals surface area contributed by atoms with E-state index in [1.165, 1.54) is 58.0 Å². The van der Waals surface area contributed by atoms with Gasteiger partial charge in [-0.2, -0.15) is 0 Å². The highest BCUT2D eigenvalue weighted by Gasteiger charge is 2.23. The van der Waals surface area contributed by atoms with Crippen LogP contribution in [0.4, 0.5) is 0 Å². The van der Waals surface area contributed by atoms with Crippen molar-refractivity contribution in [3.05, 3.63) is 5.82 Å². The summed E-state index contributed by atoms with van der Waals surface area (Å²) < 4.78 is 2.11. The number of nitrogens with zero attached hydrogens (tertiary/aromatic N) is 5. The monoisotopic (exact) mass is 263 g/mol. The van der Waals surface area contributed by atoms with Crippen molar-refractivity contribution in [2.24, 2.45) is 5.92 Å². The number of likely N-dealkylation sites (tertiary alicyclic amines) is 1. The maximum absolute atomic E-state index is 4.27. The highest BCUT2D eigenvalue weighted by molar-refractivity contribution is 4.87. The molecule has 1 atom stereocenters. The summed E-state index contributed by atoms with van der Waals surface area (Å²) in [6.45, 7) is 5.66. The van der Waals surface area contributed by atoms with Crippen molar-refractivity contribution in [3.8, 4) is 0 Å². The molecule has 0 aromatic carbocycles. The van der Waals surface area contributed by atoms with E-state index >= 15 is 0 Å². The van der Waals surface area contributed by atoms with Gasteiger partial charge in [0, 0.05) is 6.54 Å². The lowest BCUT2D eigenvalue weighted by molar-refractivity contribution is 0.167. The van der Waals surface area contributed by atoms with Gasteiger partial charge in [0.2, 0.25) is 0 Å². The average Bonchev–Trinajstić information content (AvgIpc) is 2.88. The fraction of sp³-hybridized carbons (Fsp3) is 0.929. The number of aromatic nitrogens is 4. The van der Waals surface area contributed by atoms with Crippen LogP contribution in [0.3, 0.4) is 0 Å². The second-order valence-electron chi connectivity index (χ2n) is 6.31. The van der Waals surface area contributed by atoms with E-state index in [9.17, 15) is 0 Å². The van der Waals surface area contributed by atoms with E-state index in [0.717, 1.165) is 18.3 Å². The van der Waals surface area contributed by atoms with Crippen LogP contribution in [-0.2, 0) is 6.54 Å². The highest BCUT2D eigenvalue weighted by atomic mass is 15.6. The fourth-order valence-corrected chi connectivity index (χ4v) is 3.56. The third-order valence-corrected chi connectivity index (χ3v) is 4.59. The first-order valence-electron chi connectivity index (χ1n) is 7.82. The van der Waals surface area contributed by atoms with Crippen LogP contribution in [0.15, 0.2) is 0 Å². The summed E-state index contributed by atoms with van der Waals surface area (Å²) in [4.78, 5) is 2.51. The second kappa shape index (κ2) is 5.99. The quantitative estimate of drug-likeness (QED) is 0.840. The Bertz CT molecular complexity index is 396. The Morgan fingerprint density at radius 1 is 1.11 bits per heavy atom. The van der Waals surface area contributed by atoms with Gasteiger partial charge in [-0.3, -0.25) is 4.90 Å². The normalized spacial score (nSPS) is 26.7. The largest absolute Gasteiger partial charge is 0.296 e. The molecule has 1 aliphatic carbocycles. The molecule has 0 radical (unpaired) electrons. The van der Waals surface area contributed by atoms with Gasteiger partial charge in [-0.15, -0.1) is 5.10 Å². The van der Waals surface area contributed by atoms with E-state index in [1.807, 2.05) is 0 Å². The average molecular weight is 263 g/mol. The van der Waals surface area contributed by atoms with Crippen molar-refractivity contribution in [1.29, 1.82) is 0 Å². The number of piperidine rings is 1. The molecule has 1 aromatic heterocycles. The van der Waals surface area contributed by atoms with Gasteiger partial charge in [-0.05, 0) is 48.6 Å². The SMILES string of the molecule is C[C@H]1CCCN(Cc2nnnn2C2CCCCC2)C1. The zero-order valence-corrected chi connectivity index (χ0v) is 12.0. The van der Waals surface area contributed by atoms with Crippen LogP contribution in [0.1, 0.15) is 63.7 Å². The van der Waals surface area contributed by atoms with Crippen LogP contribution in [0.25, 0.3) is 0 Å². The summed E-state index contributed by atoms with van der Waals surface area (Å²) in [5.41, 5.74) is 0. The number of rotatable bonds is 3. The maximum Gasteiger partial charge on any atom is 0.165 e. The van der Waals surface area contributed by atoms with Gasteiger partial charge in [0.25, 0.3) is 0 Å². The van der Waals surface area contributed by atoms with Crippen LogP contribution in [0, 0.1) is 5.92 Å². The summed E-state index contributed by atoms with van der Waals surface area (Å²) in [6.07, 6.45) is 9.19. The molecule has 0 N–H and O–H groups in total. The first kappa shape index (κ1) is 13.0. The predicted molar refractivity (Wildman–Crippen MR) is 73.6 cm³/mol. The first-order chi connectivity index (χ1) is 9.33. The van der Waals surface area contributed by atoms with Gasteiger partial charge in [0.1, 0.15) is 0 Å². The molecule has 5 heteroatoms. The van der Waals surface area contributed by atoms with E-state index in [1.54, 1.807) is 0 Å². The van der Waals surface area contributed by atoms with Crippen molar-refractivity contribution in [2.75, 3.05) is 13.1 Å². The van der Waals surface area contributed by atoms with E-state index in [0.29, 0.717) is 6.04 Å². The predicted octanol–water partition coefficient (Wildman–Crippen LogP) is 2.41. The first-order valence-corrected chi connectivity index (χ1v) is 7.82. The molecule has 2 fully saturated rings. The van der Waals surface area contributed by atoms with Crippen LogP contribution in [-0.4, -0.2) is 38.2 Å². The lowest BCUT2D eigenvalue weighted by Crippen LogP contribution is -2.35. The number of hydrogen-bond acceptors (Lipinski definition) is 4. The highest BCUT2D eigenvalue weighted by Crippen LogP contribution is 2.28. The molecule has 1 saturated carbocycles. The molecular weight excluding hydrogens is 238 g/mol. The van der Waals surface area contributed by atoms with Gasteiger partial charge < -0.3 is 0 Å². The van der Waals surface area contributed by atoms with Crippen molar-refractivity contribution in [3.63, 3.8) is 0 Å². The smallest absolute Gasteiger partial charge is 0.165 e. The van der Waals surface area contributed by atoms with Gasteiger partial charge >= 0.3 is 0 Å². The minimum Gasteiger partial charge on any atom is -0.296 e. The van der Waals surface area contributed by atoms with Gasteiger partial charge in [0.05, 0.1) is 12.6 Å². The summed E-state index contributed by atoms with van der Waals surface area (Å²) >= 11 is 0. The topological polar surface area (TPSA) is 46.8 Å². The van der Waals surface area contributed by atoms with Crippen LogP contribution in [0.2, 0.25) is 0 Å². The Morgan fingerprint density at radius 3 is 2.74 bits per heavy atom. The van der Waals surface area contributed by atoms with Crippen molar-refractivity contribution in [2.45, 2.75) is 64.5 Å². The third kappa shape index (κ3) is 3.14. The molecule has 3 rings (SSSR count). The minimum atomic E-state index is 0.543. The lowest BCUT2D eigenvalue weighted by atomic mass is 9.95. The van der Waals surface area contributed by atoms with Crippen molar-refractivity contribution >= 4 is 0 Å². The molecule has 0 bridgehead atoms. The summed E-state index contributed by atoms with van der Waals surface area (Å²) in [5.74, 6) is 1.88. The zero-order valence-electron chi connectivity index (χ0n) is 12.0. The molecule has 1 saturated heterocycles. The summed E-state index contributed by atoms with van der Waals surface area (Å²) in [6, 6.07) is 0.543. The van der Waals surface area contributed by atoms with Crippen molar-refractivity contribution in [1.82, 2.24) is 25.1 Å². The molecule has 5 nitrogen and oxygen atoms in total. The van der Waals surface area contributed by atoms with E-state index in [2.05, 4.69) is 32.0 Å². The molecule has 1 aromatic rings. The molecule has 0 spiro atoms. The Labute approximate surface area is 115 Å². The molecule has 19 heavy (non-hydrogen) atoms. The van der Waals surface area contributed by atoms with Gasteiger partial charge in [-0.1, -0.05) is 26.2 Å². The standard InChI is InChI=1S/C14H25N5/c1-12-6-5-9-18(10-12)11-14-15-16-17-19(14)13-7-3-2-4-8-13/h12-13H,2-11H2,1H3/t12-/m0/s1. The van der Waals surface area contributed by atoms with Crippen LogP contribution in [0.5, 0.6) is 0 Å². The van der Waals surface area contributed by atoms with E-state index in [4.69, 9.17) is 0 Å². The van der Waals surface area contributed by atoms with Crippen LogP contribution < -0.4 is 0 Å². The minimum absolute atomic E-state index is 0.543. The van der Waals surface area contributed by atoms with Crippen molar-refractivity contribution < 1.29 is 0 Å². The Kier molecular flexibility index (Phi) is 4.11.